The quantitative estimate of drug-likeness (QED) is 0.788. The van der Waals surface area contributed by atoms with Crippen molar-refractivity contribution in [2.24, 2.45) is 17.8 Å². The van der Waals surface area contributed by atoms with Crippen molar-refractivity contribution in [3.05, 3.63) is 58.6 Å². The summed E-state index contributed by atoms with van der Waals surface area (Å²) in [5.41, 5.74) is 0.991. The van der Waals surface area contributed by atoms with Crippen molar-refractivity contribution in [1.29, 1.82) is 0 Å². The van der Waals surface area contributed by atoms with E-state index >= 15 is 0 Å². The highest BCUT2D eigenvalue weighted by molar-refractivity contribution is 6.31. The van der Waals surface area contributed by atoms with Crippen LogP contribution in [0.25, 0.3) is 0 Å². The molecule has 0 saturated heterocycles. The third kappa shape index (κ3) is 3.65. The van der Waals surface area contributed by atoms with Crippen LogP contribution in [0.15, 0.2) is 36.5 Å². The number of nitrogens with one attached hydrogen (secondary N) is 1. The van der Waals surface area contributed by atoms with Gasteiger partial charge in [0.15, 0.2) is 5.69 Å². The number of hydrogen-bond acceptors (Lipinski definition) is 3. The second-order valence-corrected chi connectivity index (χ2v) is 7.53. The summed E-state index contributed by atoms with van der Waals surface area (Å²) in [5, 5.41) is 11.1. The maximum atomic E-state index is 13.1. The van der Waals surface area contributed by atoms with Crippen LogP contribution >= 0.6 is 11.6 Å². The summed E-state index contributed by atoms with van der Waals surface area (Å²) in [5.74, 6) is 1.52. The number of halogens is 2. The van der Waals surface area contributed by atoms with Gasteiger partial charge in [-0.15, -0.1) is 5.10 Å². The van der Waals surface area contributed by atoms with E-state index < -0.39 is 0 Å². The lowest BCUT2D eigenvalue weighted by Crippen LogP contribution is -2.27. The van der Waals surface area contributed by atoms with Crippen LogP contribution in [0.5, 0.6) is 0 Å². The smallest absolute Gasteiger partial charge is 0.273 e. The predicted molar refractivity (Wildman–Crippen MR) is 96.3 cm³/mol. The Morgan fingerprint density at radius 1 is 1.35 bits per heavy atom. The van der Waals surface area contributed by atoms with E-state index in [9.17, 15) is 9.18 Å². The molecule has 1 N–H and O–H groups in total. The van der Waals surface area contributed by atoms with Gasteiger partial charge in [-0.25, -0.2) is 9.07 Å². The van der Waals surface area contributed by atoms with Gasteiger partial charge in [-0.1, -0.05) is 35.0 Å². The zero-order valence-electron chi connectivity index (χ0n) is 14.2. The predicted octanol–water partition coefficient (Wildman–Crippen LogP) is 3.45. The third-order valence-electron chi connectivity index (χ3n) is 5.34. The summed E-state index contributed by atoms with van der Waals surface area (Å²) < 4.78 is 14.6. The molecule has 2 aromatic rings. The Balaban J connectivity index is 1.29. The van der Waals surface area contributed by atoms with E-state index in [4.69, 9.17) is 11.6 Å². The van der Waals surface area contributed by atoms with Crippen LogP contribution in [0.3, 0.4) is 0 Å². The highest BCUT2D eigenvalue weighted by atomic mass is 35.5. The van der Waals surface area contributed by atoms with Crippen molar-refractivity contribution >= 4 is 17.5 Å². The molecule has 2 aliphatic rings. The summed E-state index contributed by atoms with van der Waals surface area (Å²) in [6.45, 7) is 0.980. The van der Waals surface area contributed by atoms with Gasteiger partial charge in [0.2, 0.25) is 0 Å². The van der Waals surface area contributed by atoms with Gasteiger partial charge >= 0.3 is 0 Å². The van der Waals surface area contributed by atoms with Crippen LogP contribution < -0.4 is 5.32 Å². The summed E-state index contributed by atoms with van der Waals surface area (Å²) >= 11 is 6.02. The van der Waals surface area contributed by atoms with Crippen molar-refractivity contribution in [1.82, 2.24) is 20.3 Å². The number of allylic oxidation sites excluding steroid dienone is 2. The van der Waals surface area contributed by atoms with Crippen LogP contribution in [-0.4, -0.2) is 27.4 Å². The van der Waals surface area contributed by atoms with E-state index in [1.165, 1.54) is 29.7 Å². The largest absolute Gasteiger partial charge is 0.351 e. The lowest BCUT2D eigenvalue weighted by Gasteiger charge is -2.17. The minimum Gasteiger partial charge on any atom is -0.351 e. The molecule has 1 fully saturated rings. The molecule has 136 valence electrons. The van der Waals surface area contributed by atoms with E-state index in [0.29, 0.717) is 35.5 Å². The Morgan fingerprint density at radius 2 is 2.23 bits per heavy atom. The zero-order chi connectivity index (χ0) is 18.1. The molecule has 0 aliphatic heterocycles. The van der Waals surface area contributed by atoms with E-state index in [1.54, 1.807) is 12.3 Å². The minimum absolute atomic E-state index is 0.222. The van der Waals surface area contributed by atoms with E-state index in [0.717, 1.165) is 12.3 Å². The number of aromatic nitrogens is 3. The molecule has 1 saturated carbocycles. The lowest BCUT2D eigenvalue weighted by atomic mass is 9.91. The molecule has 5 nitrogen and oxygen atoms in total. The molecule has 4 rings (SSSR count). The number of benzene rings is 1. The fraction of sp³-hybridized carbons (Fsp3) is 0.421. The molecule has 3 atom stereocenters. The molecule has 1 amide bonds. The van der Waals surface area contributed by atoms with Crippen LogP contribution in [-0.2, 0) is 6.54 Å². The highest BCUT2D eigenvalue weighted by Gasteiger charge is 2.34. The van der Waals surface area contributed by atoms with Gasteiger partial charge in [0.1, 0.15) is 5.82 Å². The Hall–Kier alpha value is -2.21. The molecular formula is C19H20ClFN4O. The summed E-state index contributed by atoms with van der Waals surface area (Å²) in [4.78, 5) is 12.2. The molecule has 0 unspecified atom stereocenters. The summed E-state index contributed by atoms with van der Waals surface area (Å²) in [6.07, 6.45) is 9.74. The monoisotopic (exact) mass is 374 g/mol. The van der Waals surface area contributed by atoms with Gasteiger partial charge in [0.25, 0.3) is 5.91 Å². The number of carbonyl (C=O) groups is 1. The first kappa shape index (κ1) is 17.2. The number of amides is 1. The van der Waals surface area contributed by atoms with Crippen molar-refractivity contribution in [2.75, 3.05) is 6.54 Å². The van der Waals surface area contributed by atoms with Crippen LogP contribution in [0.1, 0.15) is 35.3 Å². The topological polar surface area (TPSA) is 59.8 Å². The normalized spacial score (nSPS) is 23.5. The van der Waals surface area contributed by atoms with Gasteiger partial charge < -0.3 is 5.32 Å². The second-order valence-electron chi connectivity index (χ2n) is 7.12. The summed E-state index contributed by atoms with van der Waals surface area (Å²) in [7, 11) is 0. The minimum atomic E-state index is -0.386. The number of fused-ring (bicyclic) bond motifs is 2. The van der Waals surface area contributed by atoms with Crippen molar-refractivity contribution in [3.8, 4) is 0 Å². The lowest BCUT2D eigenvalue weighted by molar-refractivity contribution is 0.0945. The van der Waals surface area contributed by atoms with Crippen molar-refractivity contribution < 1.29 is 9.18 Å². The number of carbonyl (C=O) groups excluding carboxylic acids is 1. The van der Waals surface area contributed by atoms with Crippen molar-refractivity contribution in [2.45, 2.75) is 25.8 Å². The Labute approximate surface area is 156 Å². The van der Waals surface area contributed by atoms with Gasteiger partial charge in [0, 0.05) is 11.6 Å². The fourth-order valence-electron chi connectivity index (χ4n) is 3.99. The van der Waals surface area contributed by atoms with E-state index in [2.05, 4.69) is 27.8 Å². The molecule has 26 heavy (non-hydrogen) atoms. The van der Waals surface area contributed by atoms with Gasteiger partial charge in [-0.05, 0) is 54.7 Å². The fourth-order valence-corrected chi connectivity index (χ4v) is 4.22. The first-order chi connectivity index (χ1) is 12.6. The highest BCUT2D eigenvalue weighted by Crippen LogP contribution is 2.44. The zero-order valence-corrected chi connectivity index (χ0v) is 15.0. The Morgan fingerprint density at radius 3 is 2.96 bits per heavy atom. The molecule has 2 aliphatic carbocycles. The molecule has 1 aromatic carbocycles. The molecular weight excluding hydrogens is 355 g/mol. The maximum Gasteiger partial charge on any atom is 0.273 e. The molecule has 7 heteroatoms. The Bertz CT molecular complexity index is 850. The average Bonchev–Trinajstić information content (AvgIpc) is 3.34. The third-order valence-corrected chi connectivity index (χ3v) is 5.69. The molecule has 0 spiro atoms. The van der Waals surface area contributed by atoms with Gasteiger partial charge in [-0.3, -0.25) is 4.79 Å². The summed E-state index contributed by atoms with van der Waals surface area (Å²) in [6, 6.07) is 4.20. The van der Waals surface area contributed by atoms with Crippen LogP contribution in [0.2, 0.25) is 5.02 Å². The maximum absolute atomic E-state index is 13.1. The average molecular weight is 375 g/mol. The van der Waals surface area contributed by atoms with Crippen LogP contribution in [0, 0.1) is 23.6 Å². The molecule has 2 bridgehead atoms. The van der Waals surface area contributed by atoms with Crippen molar-refractivity contribution in [3.63, 3.8) is 0 Å². The van der Waals surface area contributed by atoms with E-state index in [-0.39, 0.29) is 17.4 Å². The van der Waals surface area contributed by atoms with Crippen LogP contribution in [0.4, 0.5) is 4.39 Å². The van der Waals surface area contributed by atoms with Gasteiger partial charge in [0.05, 0.1) is 12.7 Å². The Kier molecular flexibility index (Phi) is 4.76. The first-order valence-electron chi connectivity index (χ1n) is 8.89. The first-order valence-corrected chi connectivity index (χ1v) is 9.27. The standard InChI is InChI=1S/C19H20ClFN4O/c20-17-9-16(21)4-3-15(17)10-25-11-18(23-24-25)19(26)22-6-5-14-8-12-1-2-13(14)7-12/h1-4,9,11-14H,5-8,10H2,(H,22,26)/t12-,13+,14-/m1/s1. The van der Waals surface area contributed by atoms with E-state index in [1.807, 2.05) is 0 Å². The second kappa shape index (κ2) is 7.19. The van der Waals surface area contributed by atoms with Gasteiger partial charge in [-0.2, -0.15) is 0 Å². The molecule has 1 aromatic heterocycles. The number of hydrogen-bond donors (Lipinski definition) is 1. The SMILES string of the molecule is O=C(NCC[C@@H]1C[C@@H]2C=C[C@H]1C2)c1cn(Cc2ccc(F)cc2Cl)nn1. The number of nitrogens with zero attached hydrogens (tertiary/aromatic N) is 3. The number of rotatable bonds is 6. The molecule has 0 radical (unpaired) electrons. The molecule has 1 heterocycles.